The van der Waals surface area contributed by atoms with Gasteiger partial charge in [-0.05, 0) is 39.0 Å². The monoisotopic (exact) mass is 305 g/mol. The van der Waals surface area contributed by atoms with Crippen LogP contribution < -0.4 is 5.73 Å². The summed E-state index contributed by atoms with van der Waals surface area (Å²) in [5, 5.41) is 0. The summed E-state index contributed by atoms with van der Waals surface area (Å²) in [5.41, 5.74) is 4.24. The maximum atomic E-state index is 14.7. The number of halogens is 3. The van der Waals surface area contributed by atoms with Crippen LogP contribution in [0.15, 0.2) is 22.7 Å². The highest BCUT2D eigenvalue weighted by Gasteiger charge is 2.41. The Labute approximate surface area is 110 Å². The molecule has 2 N–H and O–H groups in total. The molecule has 0 amide bonds. The van der Waals surface area contributed by atoms with Gasteiger partial charge in [-0.25, -0.2) is 8.78 Å². The minimum Gasteiger partial charge on any atom is -0.327 e. The van der Waals surface area contributed by atoms with E-state index in [1.54, 1.807) is 12.1 Å². The fourth-order valence-electron chi connectivity index (χ4n) is 1.62. The van der Waals surface area contributed by atoms with Crippen molar-refractivity contribution in [2.45, 2.75) is 32.9 Å². The number of benzene rings is 1. The largest absolute Gasteiger partial charge is 0.327 e. The van der Waals surface area contributed by atoms with Gasteiger partial charge in [-0.15, -0.1) is 0 Å². The highest BCUT2D eigenvalue weighted by atomic mass is 79.9. The van der Waals surface area contributed by atoms with E-state index in [2.05, 4.69) is 15.9 Å². The Morgan fingerprint density at radius 2 is 1.88 bits per heavy atom. The first-order valence-electron chi connectivity index (χ1n) is 5.52. The van der Waals surface area contributed by atoms with Crippen LogP contribution in [0.2, 0.25) is 0 Å². The molecule has 1 atom stereocenters. The molecule has 0 aromatic heterocycles. The van der Waals surface area contributed by atoms with E-state index >= 15 is 0 Å². The number of rotatable bonds is 3. The maximum Gasteiger partial charge on any atom is 0.137 e. The lowest BCUT2D eigenvalue weighted by Gasteiger charge is -2.37. The van der Waals surface area contributed by atoms with Crippen LogP contribution in [0.4, 0.5) is 8.78 Å². The van der Waals surface area contributed by atoms with E-state index in [4.69, 9.17) is 5.73 Å². The van der Waals surface area contributed by atoms with E-state index in [9.17, 15) is 8.78 Å². The summed E-state index contributed by atoms with van der Waals surface area (Å²) in [4.78, 5) is 0. The van der Waals surface area contributed by atoms with Crippen LogP contribution in [0.1, 0.15) is 26.3 Å². The number of hydrogen-bond donors (Lipinski definition) is 1. The first-order chi connectivity index (χ1) is 7.69. The van der Waals surface area contributed by atoms with Gasteiger partial charge in [-0.1, -0.05) is 26.8 Å². The lowest BCUT2D eigenvalue weighted by atomic mass is 9.74. The van der Waals surface area contributed by atoms with Gasteiger partial charge in [0, 0.05) is 13.0 Å². The molecule has 0 aliphatic carbocycles. The second kappa shape index (κ2) is 5.02. The van der Waals surface area contributed by atoms with Gasteiger partial charge in [-0.3, -0.25) is 0 Å². The molecule has 1 nitrogen and oxygen atoms in total. The topological polar surface area (TPSA) is 26.0 Å². The number of hydrogen-bond acceptors (Lipinski definition) is 1. The fourth-order valence-corrected chi connectivity index (χ4v) is 2.04. The molecular formula is C13H18BrF2N. The standard InChI is InChI=1S/C13H18BrF2N/c1-12(2,3)13(16,8-17)7-9-4-5-11(15)10(14)6-9/h4-6H,7-8,17H2,1-3H3. The molecule has 0 aliphatic rings. The Bertz CT molecular complexity index is 401. The Morgan fingerprint density at radius 1 is 1.29 bits per heavy atom. The molecule has 1 aromatic rings. The van der Waals surface area contributed by atoms with Crippen molar-refractivity contribution in [3.8, 4) is 0 Å². The van der Waals surface area contributed by atoms with E-state index < -0.39 is 11.1 Å². The van der Waals surface area contributed by atoms with Crippen molar-refractivity contribution in [1.29, 1.82) is 0 Å². The molecule has 0 aliphatic heterocycles. The Kier molecular flexibility index (Phi) is 4.31. The summed E-state index contributed by atoms with van der Waals surface area (Å²) in [6.45, 7) is 5.40. The van der Waals surface area contributed by atoms with Crippen LogP contribution in [-0.2, 0) is 6.42 Å². The van der Waals surface area contributed by atoms with Crippen LogP contribution in [0.25, 0.3) is 0 Å². The lowest BCUT2D eigenvalue weighted by Crippen LogP contribution is -2.47. The Morgan fingerprint density at radius 3 is 2.29 bits per heavy atom. The van der Waals surface area contributed by atoms with Crippen molar-refractivity contribution in [3.63, 3.8) is 0 Å². The van der Waals surface area contributed by atoms with Crippen LogP contribution in [0.5, 0.6) is 0 Å². The first kappa shape index (κ1) is 14.6. The molecule has 0 bridgehead atoms. The predicted molar refractivity (Wildman–Crippen MR) is 70.2 cm³/mol. The molecule has 0 spiro atoms. The Hall–Kier alpha value is -0.480. The number of nitrogens with two attached hydrogens (primary N) is 1. The molecule has 0 heterocycles. The van der Waals surface area contributed by atoms with E-state index in [1.807, 2.05) is 20.8 Å². The lowest BCUT2D eigenvalue weighted by molar-refractivity contribution is 0.0382. The van der Waals surface area contributed by atoms with Crippen molar-refractivity contribution in [1.82, 2.24) is 0 Å². The first-order valence-corrected chi connectivity index (χ1v) is 6.32. The van der Waals surface area contributed by atoms with Crippen molar-refractivity contribution < 1.29 is 8.78 Å². The zero-order valence-corrected chi connectivity index (χ0v) is 11.9. The third-order valence-electron chi connectivity index (χ3n) is 3.14. The summed E-state index contributed by atoms with van der Waals surface area (Å²) < 4.78 is 28.1. The summed E-state index contributed by atoms with van der Waals surface area (Å²) in [6.07, 6.45) is 0.186. The van der Waals surface area contributed by atoms with E-state index in [1.165, 1.54) is 6.07 Å². The molecule has 0 radical (unpaired) electrons. The molecule has 0 fully saturated rings. The highest BCUT2D eigenvalue weighted by molar-refractivity contribution is 9.10. The summed E-state index contributed by atoms with van der Waals surface area (Å²) in [7, 11) is 0. The van der Waals surface area contributed by atoms with Gasteiger partial charge >= 0.3 is 0 Å². The fraction of sp³-hybridized carbons (Fsp3) is 0.538. The molecule has 1 aromatic carbocycles. The van der Waals surface area contributed by atoms with Gasteiger partial charge in [-0.2, -0.15) is 0 Å². The van der Waals surface area contributed by atoms with E-state index in [0.29, 0.717) is 4.47 Å². The van der Waals surface area contributed by atoms with Gasteiger partial charge < -0.3 is 5.73 Å². The molecule has 17 heavy (non-hydrogen) atoms. The van der Waals surface area contributed by atoms with Crippen molar-refractivity contribution in [2.75, 3.05) is 6.54 Å². The van der Waals surface area contributed by atoms with E-state index in [-0.39, 0.29) is 18.8 Å². The smallest absolute Gasteiger partial charge is 0.137 e. The quantitative estimate of drug-likeness (QED) is 0.902. The molecule has 0 saturated carbocycles. The summed E-state index contributed by atoms with van der Waals surface area (Å²) in [5.74, 6) is -0.346. The Balaban J connectivity index is 2.99. The average molecular weight is 306 g/mol. The van der Waals surface area contributed by atoms with Gasteiger partial charge in [0.2, 0.25) is 0 Å². The molecular weight excluding hydrogens is 288 g/mol. The zero-order chi connectivity index (χ0) is 13.3. The second-order valence-corrected chi connectivity index (χ2v) is 6.20. The molecule has 1 rings (SSSR count). The third-order valence-corrected chi connectivity index (χ3v) is 3.74. The van der Waals surface area contributed by atoms with Gasteiger partial charge in [0.25, 0.3) is 0 Å². The third kappa shape index (κ3) is 3.26. The molecule has 4 heteroatoms. The minimum atomic E-state index is -1.50. The minimum absolute atomic E-state index is 0.0501. The van der Waals surface area contributed by atoms with Crippen LogP contribution in [0.3, 0.4) is 0 Å². The SMILES string of the molecule is CC(C)(C)C(F)(CN)Cc1ccc(F)c(Br)c1. The summed E-state index contributed by atoms with van der Waals surface area (Å²) >= 11 is 3.10. The normalized spacial score (nSPS) is 15.7. The number of alkyl halides is 1. The molecule has 1 unspecified atom stereocenters. The van der Waals surface area contributed by atoms with Gasteiger partial charge in [0.05, 0.1) is 4.47 Å². The van der Waals surface area contributed by atoms with Crippen molar-refractivity contribution in [3.05, 3.63) is 34.1 Å². The van der Waals surface area contributed by atoms with Gasteiger partial charge in [0.1, 0.15) is 11.5 Å². The maximum absolute atomic E-state index is 14.7. The highest BCUT2D eigenvalue weighted by Crippen LogP contribution is 2.36. The predicted octanol–water partition coefficient (Wildman–Crippen LogP) is 3.84. The molecule has 0 saturated heterocycles. The average Bonchev–Trinajstić information content (AvgIpc) is 2.22. The summed E-state index contributed by atoms with van der Waals surface area (Å²) in [6, 6.07) is 4.53. The van der Waals surface area contributed by atoms with Crippen LogP contribution >= 0.6 is 15.9 Å². The van der Waals surface area contributed by atoms with Crippen molar-refractivity contribution in [2.24, 2.45) is 11.1 Å². The van der Waals surface area contributed by atoms with Gasteiger partial charge in [0.15, 0.2) is 0 Å². The van der Waals surface area contributed by atoms with Crippen LogP contribution in [0, 0.1) is 11.2 Å². The zero-order valence-electron chi connectivity index (χ0n) is 10.4. The second-order valence-electron chi connectivity index (χ2n) is 5.34. The van der Waals surface area contributed by atoms with Crippen molar-refractivity contribution >= 4 is 15.9 Å². The van der Waals surface area contributed by atoms with E-state index in [0.717, 1.165) is 5.56 Å². The van der Waals surface area contributed by atoms with Crippen LogP contribution in [-0.4, -0.2) is 12.2 Å². The molecule has 96 valence electrons.